The van der Waals surface area contributed by atoms with Crippen molar-refractivity contribution in [1.82, 2.24) is 0 Å². The van der Waals surface area contributed by atoms with Crippen molar-refractivity contribution in [1.29, 1.82) is 0 Å². The van der Waals surface area contributed by atoms with Crippen molar-refractivity contribution in [3.8, 4) is 16.9 Å². The van der Waals surface area contributed by atoms with Gasteiger partial charge in [0.05, 0.1) is 16.9 Å². The zero-order valence-electron chi connectivity index (χ0n) is 18.6. The normalized spacial score (nSPS) is 14.4. The van der Waals surface area contributed by atoms with E-state index in [1.165, 1.54) is 20.2 Å². The fourth-order valence-electron chi connectivity index (χ4n) is 4.40. The molecule has 1 aliphatic heterocycles. The highest BCUT2D eigenvalue weighted by Gasteiger charge is 2.48. The molecule has 0 aliphatic carbocycles. The van der Waals surface area contributed by atoms with Crippen molar-refractivity contribution in [2.24, 2.45) is 0 Å². The van der Waals surface area contributed by atoms with E-state index in [2.05, 4.69) is 0 Å². The maximum absolute atomic E-state index is 14.8. The smallest absolute Gasteiger partial charge is 0.413 e. The molecule has 7 heteroatoms. The van der Waals surface area contributed by atoms with Gasteiger partial charge >= 0.3 is 12.1 Å². The molecule has 4 aromatic carbocycles. The van der Waals surface area contributed by atoms with E-state index in [4.69, 9.17) is 4.74 Å². The highest BCUT2D eigenvalue weighted by Crippen LogP contribution is 2.50. The van der Waals surface area contributed by atoms with Gasteiger partial charge in [-0.1, -0.05) is 60.7 Å². The molecule has 0 aromatic heterocycles. The van der Waals surface area contributed by atoms with Crippen LogP contribution < -0.4 is 14.5 Å². The number of rotatable bonds is 5. The average Bonchev–Trinajstić information content (AvgIpc) is 3.01. The lowest BCUT2D eigenvalue weighted by molar-refractivity contribution is 0.0122. The number of halogens is 2. The Morgan fingerprint density at radius 1 is 0.882 bits per heavy atom. The molecule has 1 aliphatic rings. The Bertz CT molecular complexity index is 1390. The van der Waals surface area contributed by atoms with Crippen molar-refractivity contribution in [2.45, 2.75) is 12.8 Å². The highest BCUT2D eigenvalue weighted by molar-refractivity contribution is 6.12. The Balaban J connectivity index is 1.79. The second-order valence-corrected chi connectivity index (χ2v) is 8.26. The lowest BCUT2D eigenvalue weighted by Gasteiger charge is -2.26. The van der Waals surface area contributed by atoms with Gasteiger partial charge in [-0.2, -0.15) is 8.78 Å². The van der Waals surface area contributed by atoms with Gasteiger partial charge in [-0.25, -0.2) is 4.79 Å². The predicted octanol–water partition coefficient (Wildman–Crippen LogP) is 6.22. The molecule has 1 heterocycles. The molecule has 0 fully saturated rings. The standard InChI is InChI=1S/C27H22F2N2O3/c1-30-22-13-19-20(14-23(22)31(2)27(30,28)29)25(18-11-7-4-8-12-18)21(26(32)33)15-24(19)34-16-17-9-5-3-6-10-17/h3-15H,16H2,1-2H3,(H,32,33). The molecule has 5 nitrogen and oxygen atoms in total. The van der Waals surface area contributed by atoms with Crippen LogP contribution >= 0.6 is 0 Å². The van der Waals surface area contributed by atoms with E-state index in [-0.39, 0.29) is 12.2 Å². The van der Waals surface area contributed by atoms with Gasteiger partial charge in [0.2, 0.25) is 0 Å². The van der Waals surface area contributed by atoms with Crippen LogP contribution in [0.4, 0.5) is 20.2 Å². The minimum absolute atomic E-state index is 0.0440. The van der Waals surface area contributed by atoms with E-state index in [1.54, 1.807) is 12.1 Å². The van der Waals surface area contributed by atoms with Crippen LogP contribution in [-0.4, -0.2) is 31.3 Å². The molecule has 5 rings (SSSR count). The van der Waals surface area contributed by atoms with Crippen molar-refractivity contribution < 1.29 is 23.4 Å². The molecule has 0 saturated heterocycles. The van der Waals surface area contributed by atoms with Crippen molar-refractivity contribution in [3.05, 3.63) is 90.0 Å². The van der Waals surface area contributed by atoms with Crippen LogP contribution in [0.25, 0.3) is 21.9 Å². The number of nitrogens with zero attached hydrogens (tertiary/aromatic N) is 2. The fraction of sp³-hybridized carbons (Fsp3) is 0.148. The summed E-state index contributed by atoms with van der Waals surface area (Å²) >= 11 is 0. The number of ether oxygens (including phenoxy) is 1. The Labute approximate surface area is 195 Å². The van der Waals surface area contributed by atoms with E-state index in [0.29, 0.717) is 39.0 Å². The highest BCUT2D eigenvalue weighted by atomic mass is 19.3. The molecule has 0 atom stereocenters. The zero-order valence-corrected chi connectivity index (χ0v) is 18.6. The topological polar surface area (TPSA) is 53.0 Å². The van der Waals surface area contributed by atoms with Crippen molar-refractivity contribution in [3.63, 3.8) is 0 Å². The van der Waals surface area contributed by atoms with Crippen molar-refractivity contribution >= 4 is 28.1 Å². The fourth-order valence-corrected chi connectivity index (χ4v) is 4.40. The van der Waals surface area contributed by atoms with Crippen LogP contribution in [0, 0.1) is 0 Å². The van der Waals surface area contributed by atoms with Crippen molar-refractivity contribution in [2.75, 3.05) is 23.9 Å². The molecule has 172 valence electrons. The first kappa shape index (κ1) is 21.7. The summed E-state index contributed by atoms with van der Waals surface area (Å²) in [5.41, 5.74) is 2.75. The van der Waals surface area contributed by atoms with Gasteiger partial charge in [-0.3, -0.25) is 9.80 Å². The van der Waals surface area contributed by atoms with Crippen LogP contribution in [-0.2, 0) is 6.61 Å². The van der Waals surface area contributed by atoms with Crippen LogP contribution in [0.15, 0.2) is 78.9 Å². The van der Waals surface area contributed by atoms with Crippen LogP contribution in [0.5, 0.6) is 5.75 Å². The molecule has 0 bridgehead atoms. The largest absolute Gasteiger partial charge is 0.488 e. The summed E-state index contributed by atoms with van der Waals surface area (Å²) in [4.78, 5) is 14.1. The predicted molar refractivity (Wildman–Crippen MR) is 129 cm³/mol. The number of aromatic carboxylic acids is 1. The maximum Gasteiger partial charge on any atom is 0.413 e. The van der Waals surface area contributed by atoms with Gasteiger partial charge in [-0.15, -0.1) is 0 Å². The Hall–Kier alpha value is -4.13. The van der Waals surface area contributed by atoms with Gasteiger partial charge in [0.25, 0.3) is 0 Å². The molecule has 34 heavy (non-hydrogen) atoms. The summed E-state index contributed by atoms with van der Waals surface area (Å²) in [6.07, 6.45) is -3.21. The number of anilines is 2. The molecule has 0 spiro atoms. The number of carbonyl (C=O) groups is 1. The summed E-state index contributed by atoms with van der Waals surface area (Å²) in [5, 5.41) is 11.2. The van der Waals surface area contributed by atoms with Crippen LogP contribution in [0.2, 0.25) is 0 Å². The van der Waals surface area contributed by atoms with E-state index < -0.39 is 12.1 Å². The number of carboxylic acids is 1. The minimum atomic E-state index is -3.21. The summed E-state index contributed by atoms with van der Waals surface area (Å²) in [6, 6.07) is 23.3. The third-order valence-corrected chi connectivity index (χ3v) is 6.25. The van der Waals surface area contributed by atoms with E-state index in [0.717, 1.165) is 15.4 Å². The second kappa shape index (κ2) is 8.02. The summed E-state index contributed by atoms with van der Waals surface area (Å²) in [5.74, 6) is -0.799. The maximum atomic E-state index is 14.8. The number of alkyl halides is 2. The molecule has 0 radical (unpaired) electrons. The monoisotopic (exact) mass is 460 g/mol. The molecular weight excluding hydrogens is 438 g/mol. The number of hydrogen-bond donors (Lipinski definition) is 1. The zero-order chi connectivity index (χ0) is 24.0. The Morgan fingerprint density at radius 3 is 2.03 bits per heavy atom. The van der Waals surface area contributed by atoms with E-state index >= 15 is 0 Å². The summed E-state index contributed by atoms with van der Waals surface area (Å²) in [6.45, 7) is 0.211. The van der Waals surface area contributed by atoms with E-state index in [9.17, 15) is 18.7 Å². The third-order valence-electron chi connectivity index (χ3n) is 6.25. The number of carboxylic acid groups (broad SMARTS) is 1. The van der Waals surface area contributed by atoms with Gasteiger partial charge in [0, 0.05) is 25.0 Å². The first-order valence-corrected chi connectivity index (χ1v) is 10.7. The van der Waals surface area contributed by atoms with Gasteiger partial charge in [-0.05, 0) is 34.7 Å². The first-order chi connectivity index (χ1) is 16.3. The molecule has 1 N–H and O–H groups in total. The molecule has 0 unspecified atom stereocenters. The summed E-state index contributed by atoms with van der Waals surface area (Å²) in [7, 11) is 2.66. The van der Waals surface area contributed by atoms with E-state index in [1.807, 2.05) is 60.7 Å². The lowest BCUT2D eigenvalue weighted by atomic mass is 9.91. The molecule has 0 amide bonds. The van der Waals surface area contributed by atoms with Gasteiger partial charge < -0.3 is 9.84 Å². The molecule has 0 saturated carbocycles. The van der Waals surface area contributed by atoms with Gasteiger partial charge in [0.1, 0.15) is 12.4 Å². The Kier molecular flexibility index (Phi) is 5.12. The summed E-state index contributed by atoms with van der Waals surface area (Å²) < 4.78 is 35.7. The number of fused-ring (bicyclic) bond motifs is 2. The quantitative estimate of drug-likeness (QED) is 0.358. The minimum Gasteiger partial charge on any atom is -0.488 e. The second-order valence-electron chi connectivity index (χ2n) is 8.26. The number of benzene rings is 4. The van der Waals surface area contributed by atoms with Gasteiger partial charge in [0.15, 0.2) is 0 Å². The van der Waals surface area contributed by atoms with Crippen LogP contribution in [0.1, 0.15) is 15.9 Å². The lowest BCUT2D eigenvalue weighted by Crippen LogP contribution is -2.46. The van der Waals surface area contributed by atoms with Crippen LogP contribution in [0.3, 0.4) is 0 Å². The first-order valence-electron chi connectivity index (χ1n) is 10.7. The SMILES string of the molecule is CN1c2cc3c(OCc4ccccc4)cc(C(=O)O)c(-c4ccccc4)c3cc2N(C)C1(F)F. The molecular formula is C27H22F2N2O3. The Morgan fingerprint density at radius 2 is 1.44 bits per heavy atom. The number of hydrogen-bond acceptors (Lipinski definition) is 4. The third kappa shape index (κ3) is 3.41. The average molecular weight is 460 g/mol. The molecule has 4 aromatic rings.